The molecular weight excluding hydrogens is 264 g/mol. The lowest BCUT2D eigenvalue weighted by Gasteiger charge is -2.34. The Morgan fingerprint density at radius 3 is 2.11 bits per heavy atom. The highest BCUT2D eigenvalue weighted by atomic mass is 32.2. The Morgan fingerprint density at radius 2 is 1.74 bits per heavy atom. The molecule has 0 aliphatic carbocycles. The number of rotatable bonds is 4. The van der Waals surface area contributed by atoms with E-state index in [1.54, 1.807) is 11.9 Å². The zero-order chi connectivity index (χ0) is 14.8. The predicted molar refractivity (Wildman–Crippen MR) is 74.8 cm³/mol. The summed E-state index contributed by atoms with van der Waals surface area (Å²) in [6.45, 7) is 4.09. The van der Waals surface area contributed by atoms with E-state index in [0.29, 0.717) is 12.1 Å². The fraction of sp³-hybridized carbons (Fsp3) is 0.462. The van der Waals surface area contributed by atoms with Crippen molar-refractivity contribution in [3.05, 3.63) is 29.8 Å². The van der Waals surface area contributed by atoms with E-state index in [0.717, 1.165) is 6.26 Å². The highest BCUT2D eigenvalue weighted by molar-refractivity contribution is 7.90. The van der Waals surface area contributed by atoms with E-state index in [-0.39, 0.29) is 10.8 Å². The zero-order valence-corrected chi connectivity index (χ0v) is 12.5. The van der Waals surface area contributed by atoms with Gasteiger partial charge in [0.05, 0.1) is 4.90 Å². The summed E-state index contributed by atoms with van der Waals surface area (Å²) in [6.07, 6.45) is 1.13. The van der Waals surface area contributed by atoms with Crippen molar-refractivity contribution >= 4 is 15.7 Å². The summed E-state index contributed by atoms with van der Waals surface area (Å²) in [5.74, 6) is -0.185. The van der Waals surface area contributed by atoms with E-state index in [9.17, 15) is 13.2 Å². The van der Waals surface area contributed by atoms with Crippen LogP contribution in [0.15, 0.2) is 29.2 Å². The molecule has 0 radical (unpaired) electrons. The molecule has 0 aromatic heterocycles. The molecule has 106 valence electrons. The summed E-state index contributed by atoms with van der Waals surface area (Å²) < 4.78 is 22.7. The van der Waals surface area contributed by atoms with Gasteiger partial charge in [-0.15, -0.1) is 0 Å². The van der Waals surface area contributed by atoms with Crippen LogP contribution < -0.4 is 5.73 Å². The van der Waals surface area contributed by atoms with Crippen LogP contribution in [-0.4, -0.2) is 44.6 Å². The minimum absolute atomic E-state index is 0.185. The minimum atomic E-state index is -3.24. The quantitative estimate of drug-likeness (QED) is 0.890. The molecule has 1 aromatic carbocycles. The topological polar surface area (TPSA) is 80.5 Å². The maximum atomic E-state index is 12.2. The molecule has 0 bridgehead atoms. The number of nitrogens with two attached hydrogens (primary N) is 1. The number of amides is 1. The Balaban J connectivity index is 3.03. The van der Waals surface area contributed by atoms with Crippen LogP contribution in [0, 0.1) is 0 Å². The lowest BCUT2D eigenvalue weighted by molar-refractivity contribution is 0.0640. The number of sulfone groups is 1. The molecule has 19 heavy (non-hydrogen) atoms. The molecule has 0 aliphatic rings. The van der Waals surface area contributed by atoms with Crippen molar-refractivity contribution in [1.29, 1.82) is 0 Å². The second-order valence-corrected chi connectivity index (χ2v) is 7.19. The van der Waals surface area contributed by atoms with Crippen LogP contribution in [0.1, 0.15) is 24.2 Å². The highest BCUT2D eigenvalue weighted by Crippen LogP contribution is 2.16. The van der Waals surface area contributed by atoms with Gasteiger partial charge < -0.3 is 10.6 Å². The van der Waals surface area contributed by atoms with Gasteiger partial charge in [-0.3, -0.25) is 4.79 Å². The van der Waals surface area contributed by atoms with E-state index in [1.165, 1.54) is 24.3 Å². The van der Waals surface area contributed by atoms with Gasteiger partial charge >= 0.3 is 0 Å². The molecule has 0 atom stereocenters. The third kappa shape index (κ3) is 3.54. The molecule has 1 aromatic rings. The Hall–Kier alpha value is -1.40. The molecule has 2 N–H and O–H groups in total. The van der Waals surface area contributed by atoms with Crippen molar-refractivity contribution < 1.29 is 13.2 Å². The maximum absolute atomic E-state index is 12.2. The fourth-order valence-electron chi connectivity index (χ4n) is 1.45. The molecule has 0 aliphatic heterocycles. The lowest BCUT2D eigenvalue weighted by atomic mass is 10.0. The summed E-state index contributed by atoms with van der Waals surface area (Å²) in [6, 6.07) is 5.90. The van der Waals surface area contributed by atoms with Gasteiger partial charge in [0.25, 0.3) is 5.91 Å². The van der Waals surface area contributed by atoms with Crippen molar-refractivity contribution in [2.24, 2.45) is 5.73 Å². The first-order valence-electron chi connectivity index (χ1n) is 5.88. The standard InChI is InChI=1S/C13H20N2O3S/c1-13(2,9-14)15(3)12(16)10-5-7-11(8-6-10)19(4,17)18/h5-8H,9,14H2,1-4H3. The number of likely N-dealkylation sites (N-methyl/N-ethyl adjacent to an activating group) is 1. The van der Waals surface area contributed by atoms with E-state index >= 15 is 0 Å². The van der Waals surface area contributed by atoms with Gasteiger partial charge in [0.2, 0.25) is 0 Å². The molecule has 0 unspecified atom stereocenters. The van der Waals surface area contributed by atoms with Crippen LogP contribution in [0.5, 0.6) is 0 Å². The van der Waals surface area contributed by atoms with Crippen molar-refractivity contribution in [3.8, 4) is 0 Å². The van der Waals surface area contributed by atoms with Gasteiger partial charge in [-0.25, -0.2) is 8.42 Å². The Bertz CT molecular complexity index is 562. The average Bonchev–Trinajstić information content (AvgIpc) is 2.36. The largest absolute Gasteiger partial charge is 0.335 e. The smallest absolute Gasteiger partial charge is 0.254 e. The van der Waals surface area contributed by atoms with Crippen LogP contribution >= 0.6 is 0 Å². The molecule has 5 nitrogen and oxygen atoms in total. The first kappa shape index (κ1) is 15.7. The molecule has 1 rings (SSSR count). The third-order valence-electron chi connectivity index (χ3n) is 3.24. The number of hydrogen-bond donors (Lipinski definition) is 1. The second-order valence-electron chi connectivity index (χ2n) is 5.18. The summed E-state index contributed by atoms with van der Waals surface area (Å²) in [5, 5.41) is 0. The van der Waals surface area contributed by atoms with Crippen molar-refractivity contribution in [1.82, 2.24) is 4.90 Å². The van der Waals surface area contributed by atoms with Gasteiger partial charge in [0.15, 0.2) is 9.84 Å². The first-order valence-corrected chi connectivity index (χ1v) is 7.77. The van der Waals surface area contributed by atoms with Gasteiger partial charge in [0, 0.05) is 31.0 Å². The minimum Gasteiger partial charge on any atom is -0.335 e. The number of carbonyl (C=O) groups excluding carboxylic acids is 1. The Labute approximate surface area is 114 Å². The molecule has 0 saturated heterocycles. The first-order chi connectivity index (χ1) is 8.59. The monoisotopic (exact) mass is 284 g/mol. The van der Waals surface area contributed by atoms with E-state index < -0.39 is 15.4 Å². The maximum Gasteiger partial charge on any atom is 0.254 e. The summed E-state index contributed by atoms with van der Waals surface area (Å²) >= 11 is 0. The molecule has 1 amide bonds. The van der Waals surface area contributed by atoms with Gasteiger partial charge in [-0.05, 0) is 38.1 Å². The van der Waals surface area contributed by atoms with Gasteiger partial charge in [0.1, 0.15) is 0 Å². The zero-order valence-electron chi connectivity index (χ0n) is 11.7. The highest BCUT2D eigenvalue weighted by Gasteiger charge is 2.26. The number of benzene rings is 1. The number of nitrogens with zero attached hydrogens (tertiary/aromatic N) is 1. The van der Waals surface area contributed by atoms with Crippen molar-refractivity contribution in [2.75, 3.05) is 19.8 Å². The molecule has 0 spiro atoms. The summed E-state index contributed by atoms with van der Waals surface area (Å²) in [4.78, 5) is 14.0. The van der Waals surface area contributed by atoms with Crippen LogP contribution in [0.25, 0.3) is 0 Å². The molecule has 6 heteroatoms. The average molecular weight is 284 g/mol. The van der Waals surface area contributed by atoms with E-state index in [2.05, 4.69) is 0 Å². The number of hydrogen-bond acceptors (Lipinski definition) is 4. The molecular formula is C13H20N2O3S. The molecule has 0 heterocycles. The van der Waals surface area contributed by atoms with Crippen molar-refractivity contribution in [2.45, 2.75) is 24.3 Å². The Morgan fingerprint density at radius 1 is 1.26 bits per heavy atom. The molecule has 0 fully saturated rings. The van der Waals surface area contributed by atoms with Gasteiger partial charge in [-0.2, -0.15) is 0 Å². The van der Waals surface area contributed by atoms with Crippen LogP contribution in [0.2, 0.25) is 0 Å². The third-order valence-corrected chi connectivity index (χ3v) is 4.37. The van der Waals surface area contributed by atoms with Crippen LogP contribution in [0.4, 0.5) is 0 Å². The summed E-state index contributed by atoms with van der Waals surface area (Å²) in [5.41, 5.74) is 5.62. The van der Waals surface area contributed by atoms with E-state index in [1.807, 2.05) is 13.8 Å². The summed E-state index contributed by atoms with van der Waals surface area (Å²) in [7, 11) is -1.56. The normalized spacial score (nSPS) is 12.3. The second kappa shape index (κ2) is 5.30. The predicted octanol–water partition coefficient (Wildman–Crippen LogP) is 0.899. The van der Waals surface area contributed by atoms with Gasteiger partial charge in [-0.1, -0.05) is 0 Å². The van der Waals surface area contributed by atoms with E-state index in [4.69, 9.17) is 5.73 Å². The SMILES string of the molecule is CN(C(=O)c1ccc(S(C)(=O)=O)cc1)C(C)(C)CN. The van der Waals surface area contributed by atoms with Crippen LogP contribution in [-0.2, 0) is 9.84 Å². The lowest BCUT2D eigenvalue weighted by Crippen LogP contribution is -2.50. The Kier molecular flexibility index (Phi) is 4.37. The molecule has 0 saturated carbocycles. The van der Waals surface area contributed by atoms with Crippen molar-refractivity contribution in [3.63, 3.8) is 0 Å². The number of carbonyl (C=O) groups is 1. The van der Waals surface area contributed by atoms with Crippen LogP contribution in [0.3, 0.4) is 0 Å². The fourth-order valence-corrected chi connectivity index (χ4v) is 2.08.